The van der Waals surface area contributed by atoms with E-state index in [9.17, 15) is 14.4 Å². The highest BCUT2D eigenvalue weighted by Crippen LogP contribution is 2.29. The molecule has 3 aromatic rings. The Morgan fingerprint density at radius 2 is 1.33 bits per heavy atom. The van der Waals surface area contributed by atoms with Crippen LogP contribution < -0.4 is 29.7 Å². The van der Waals surface area contributed by atoms with Crippen LogP contribution in [-0.4, -0.2) is 50.4 Å². The molecular formula is C29H31N3O7. The van der Waals surface area contributed by atoms with Gasteiger partial charge in [0.1, 0.15) is 11.5 Å². The first-order valence-corrected chi connectivity index (χ1v) is 12.5. The summed E-state index contributed by atoms with van der Waals surface area (Å²) in [5, 5.41) is 6.45. The van der Waals surface area contributed by atoms with Crippen molar-refractivity contribution in [1.29, 1.82) is 0 Å². The van der Waals surface area contributed by atoms with Crippen LogP contribution in [0.4, 0.5) is 0 Å². The van der Waals surface area contributed by atoms with Gasteiger partial charge in [0.05, 0.1) is 38.1 Å². The minimum absolute atomic E-state index is 0.244. The predicted molar refractivity (Wildman–Crippen MR) is 146 cm³/mol. The second kappa shape index (κ2) is 14.8. The van der Waals surface area contributed by atoms with Crippen molar-refractivity contribution in [3.63, 3.8) is 0 Å². The third-order valence-corrected chi connectivity index (χ3v) is 5.11. The van der Waals surface area contributed by atoms with Crippen LogP contribution in [0, 0.1) is 0 Å². The van der Waals surface area contributed by atoms with Gasteiger partial charge in [-0.05, 0) is 93.1 Å². The zero-order chi connectivity index (χ0) is 28.0. The molecule has 2 amide bonds. The highest BCUT2D eigenvalue weighted by Gasteiger charge is 2.14. The Kier molecular flexibility index (Phi) is 10.9. The van der Waals surface area contributed by atoms with Crippen molar-refractivity contribution in [2.24, 2.45) is 5.10 Å². The zero-order valence-electron chi connectivity index (χ0n) is 22.1. The van der Waals surface area contributed by atoms with Gasteiger partial charge < -0.3 is 24.3 Å². The first-order valence-electron chi connectivity index (χ1n) is 12.5. The normalized spacial score (nSPS) is 10.5. The van der Waals surface area contributed by atoms with Crippen LogP contribution in [0.1, 0.15) is 47.1 Å². The lowest BCUT2D eigenvalue weighted by Gasteiger charge is -2.11. The van der Waals surface area contributed by atoms with Gasteiger partial charge in [0.15, 0.2) is 11.5 Å². The molecule has 0 fully saturated rings. The van der Waals surface area contributed by atoms with Gasteiger partial charge in [0.25, 0.3) is 11.8 Å². The molecular weight excluding hydrogens is 502 g/mol. The summed E-state index contributed by atoms with van der Waals surface area (Å²) in [6, 6.07) is 18.1. The Morgan fingerprint density at radius 1 is 0.744 bits per heavy atom. The minimum Gasteiger partial charge on any atom is -0.494 e. The first-order chi connectivity index (χ1) is 18.9. The van der Waals surface area contributed by atoms with Crippen molar-refractivity contribution in [1.82, 2.24) is 10.7 Å². The molecule has 0 atom stereocenters. The number of benzene rings is 3. The van der Waals surface area contributed by atoms with E-state index in [1.54, 1.807) is 73.7 Å². The molecule has 2 N–H and O–H groups in total. The fourth-order valence-electron chi connectivity index (χ4n) is 3.32. The lowest BCUT2D eigenvalue weighted by Crippen LogP contribution is -2.34. The Labute approximate surface area is 226 Å². The molecule has 0 saturated heterocycles. The van der Waals surface area contributed by atoms with Gasteiger partial charge in [-0.25, -0.2) is 10.2 Å². The fourth-order valence-corrected chi connectivity index (χ4v) is 3.32. The Bertz CT molecular complexity index is 1290. The molecule has 0 bridgehead atoms. The van der Waals surface area contributed by atoms with Crippen LogP contribution >= 0.6 is 0 Å². The highest BCUT2D eigenvalue weighted by molar-refractivity contribution is 5.96. The molecule has 0 saturated carbocycles. The lowest BCUT2D eigenvalue weighted by atomic mass is 10.2. The number of ether oxygens (including phenoxy) is 4. The van der Waals surface area contributed by atoms with E-state index < -0.39 is 17.8 Å². The number of carbonyl (C=O) groups is 3. The monoisotopic (exact) mass is 533 g/mol. The largest absolute Gasteiger partial charge is 0.494 e. The number of esters is 1. The van der Waals surface area contributed by atoms with Crippen molar-refractivity contribution in [3.05, 3.63) is 83.4 Å². The van der Waals surface area contributed by atoms with Gasteiger partial charge >= 0.3 is 5.97 Å². The summed E-state index contributed by atoms with van der Waals surface area (Å²) in [7, 11) is 0. The second-order valence-electron chi connectivity index (χ2n) is 7.92. The third-order valence-electron chi connectivity index (χ3n) is 5.11. The topological polar surface area (TPSA) is 125 Å². The van der Waals surface area contributed by atoms with Crippen LogP contribution in [0.5, 0.6) is 23.0 Å². The molecule has 3 rings (SSSR count). The van der Waals surface area contributed by atoms with Gasteiger partial charge in [0.2, 0.25) is 0 Å². The van der Waals surface area contributed by atoms with Crippen LogP contribution in [0.2, 0.25) is 0 Å². The number of hydrogen-bond donors (Lipinski definition) is 2. The molecule has 0 radical (unpaired) electrons. The summed E-state index contributed by atoms with van der Waals surface area (Å²) in [5.41, 5.74) is 3.72. The molecule has 39 heavy (non-hydrogen) atoms. The Balaban J connectivity index is 1.54. The fraction of sp³-hybridized carbons (Fsp3) is 0.241. The standard InChI is InChI=1S/C29H31N3O7/c1-4-36-23-12-8-21(9-13-23)28(34)30-19-27(33)32-31-18-20-7-16-25(26(17-20)38-6-3)39-29(35)22-10-14-24(15-11-22)37-5-2/h7-18H,4-6,19H2,1-3H3,(H,30,34)(H,32,33). The molecule has 0 aliphatic carbocycles. The van der Waals surface area contributed by atoms with Gasteiger partial charge in [-0.15, -0.1) is 0 Å². The predicted octanol–water partition coefficient (Wildman–Crippen LogP) is 3.98. The van der Waals surface area contributed by atoms with Gasteiger partial charge in [0, 0.05) is 5.56 Å². The van der Waals surface area contributed by atoms with Crippen molar-refractivity contribution in [3.8, 4) is 23.0 Å². The molecule has 204 valence electrons. The maximum atomic E-state index is 12.6. The zero-order valence-corrected chi connectivity index (χ0v) is 22.1. The first kappa shape index (κ1) is 28.7. The van der Waals surface area contributed by atoms with Crippen molar-refractivity contribution < 1.29 is 33.3 Å². The molecule has 0 aromatic heterocycles. The summed E-state index contributed by atoms with van der Waals surface area (Å²) in [6.45, 7) is 6.71. The average Bonchev–Trinajstić information content (AvgIpc) is 2.94. The number of carbonyl (C=O) groups excluding carboxylic acids is 3. The highest BCUT2D eigenvalue weighted by atomic mass is 16.6. The smallest absolute Gasteiger partial charge is 0.343 e. The van der Waals surface area contributed by atoms with E-state index in [0.717, 1.165) is 0 Å². The van der Waals surface area contributed by atoms with E-state index in [2.05, 4.69) is 15.8 Å². The van der Waals surface area contributed by atoms with Gasteiger partial charge in [-0.2, -0.15) is 5.10 Å². The second-order valence-corrected chi connectivity index (χ2v) is 7.92. The number of nitrogens with one attached hydrogen (secondary N) is 2. The van der Waals surface area contributed by atoms with Crippen LogP contribution in [0.3, 0.4) is 0 Å². The van der Waals surface area contributed by atoms with Crippen molar-refractivity contribution in [2.45, 2.75) is 20.8 Å². The number of hydrogen-bond acceptors (Lipinski definition) is 8. The summed E-state index contributed by atoms with van der Waals surface area (Å²) in [5.74, 6) is 0.469. The van der Waals surface area contributed by atoms with Crippen molar-refractivity contribution >= 4 is 24.0 Å². The summed E-state index contributed by atoms with van der Waals surface area (Å²) < 4.78 is 21.9. The summed E-state index contributed by atoms with van der Waals surface area (Å²) >= 11 is 0. The van der Waals surface area contributed by atoms with Crippen LogP contribution in [0.25, 0.3) is 0 Å². The molecule has 3 aromatic carbocycles. The summed E-state index contributed by atoms with van der Waals surface area (Å²) in [4.78, 5) is 36.9. The molecule has 10 heteroatoms. The Hall–Kier alpha value is -4.86. The number of amides is 2. The maximum absolute atomic E-state index is 12.6. The van der Waals surface area contributed by atoms with Crippen LogP contribution in [0.15, 0.2) is 71.8 Å². The molecule has 0 unspecified atom stereocenters. The molecule has 0 aliphatic heterocycles. The third kappa shape index (κ3) is 8.89. The van der Waals surface area contributed by atoms with E-state index in [4.69, 9.17) is 18.9 Å². The van der Waals surface area contributed by atoms with Crippen molar-refractivity contribution in [2.75, 3.05) is 26.4 Å². The number of hydrazone groups is 1. The molecule has 0 aliphatic rings. The molecule has 0 heterocycles. The van der Waals surface area contributed by atoms with E-state index in [0.29, 0.717) is 53.8 Å². The minimum atomic E-state index is -0.542. The molecule has 10 nitrogen and oxygen atoms in total. The lowest BCUT2D eigenvalue weighted by molar-refractivity contribution is -0.120. The van der Waals surface area contributed by atoms with Crippen LogP contribution in [-0.2, 0) is 4.79 Å². The Morgan fingerprint density at radius 3 is 1.92 bits per heavy atom. The SMILES string of the molecule is CCOc1ccc(C(=O)NCC(=O)NN=Cc2ccc(OC(=O)c3ccc(OCC)cc3)c(OCC)c2)cc1. The number of rotatable bonds is 13. The van der Waals surface area contributed by atoms with E-state index in [1.807, 2.05) is 13.8 Å². The average molecular weight is 534 g/mol. The quantitative estimate of drug-likeness (QED) is 0.147. The van der Waals surface area contributed by atoms with Gasteiger partial charge in [-0.1, -0.05) is 0 Å². The maximum Gasteiger partial charge on any atom is 0.343 e. The van der Waals surface area contributed by atoms with E-state index >= 15 is 0 Å². The van der Waals surface area contributed by atoms with Gasteiger partial charge in [-0.3, -0.25) is 9.59 Å². The van der Waals surface area contributed by atoms with E-state index in [1.165, 1.54) is 6.21 Å². The van der Waals surface area contributed by atoms with E-state index in [-0.39, 0.29) is 12.3 Å². The summed E-state index contributed by atoms with van der Waals surface area (Å²) in [6.07, 6.45) is 1.41. The number of nitrogens with zero attached hydrogens (tertiary/aromatic N) is 1. The molecule has 0 spiro atoms.